The highest BCUT2D eigenvalue weighted by Gasteiger charge is 2.24. The average molecular weight is 772 g/mol. The van der Waals surface area contributed by atoms with Crippen LogP contribution in [0.3, 0.4) is 0 Å². The third-order valence-electron chi connectivity index (χ3n) is 10.7. The molecule has 0 bridgehead atoms. The van der Waals surface area contributed by atoms with E-state index in [1.807, 2.05) is 6.08 Å². The molecule has 53 heavy (non-hydrogen) atoms. The minimum atomic E-state index is -4.71. The van der Waals surface area contributed by atoms with E-state index in [4.69, 9.17) is 9.79 Å². The van der Waals surface area contributed by atoms with Crippen molar-refractivity contribution in [3.63, 3.8) is 0 Å². The second kappa shape index (κ2) is 40.9. The minimum absolute atomic E-state index is 0.222. The molecule has 0 saturated heterocycles. The second-order valence-electron chi connectivity index (χ2n) is 16.1. The van der Waals surface area contributed by atoms with E-state index in [1.54, 1.807) is 6.08 Å². The second-order valence-corrected chi connectivity index (χ2v) is 17.3. The van der Waals surface area contributed by atoms with E-state index in [9.17, 15) is 14.5 Å². The lowest BCUT2D eigenvalue weighted by Gasteiger charge is -2.22. The molecular formula is C45H90NO6P. The van der Waals surface area contributed by atoms with Crippen molar-refractivity contribution in [2.24, 2.45) is 0 Å². The number of phosphoric acid groups is 1. The smallest absolute Gasteiger partial charge is 0.387 e. The average Bonchev–Trinajstić information content (AvgIpc) is 3.13. The highest BCUT2D eigenvalue weighted by atomic mass is 31.2. The standard InChI is InChI=1S/C45H90NO6P/c1-3-5-7-9-11-13-15-17-18-19-20-21-22-23-24-25-26-27-28-29-31-33-35-37-39-41-45(48)46-43(42-52-53(49,50)51)44(47)40-38-36-34-32-30-16-14-12-10-8-6-4-2/h38,40,43-44,47H,3-37,39,41-42H2,1-2H3,(H,46,48)(H2,49,50,51)/b40-38+/t43-,44+/m0/s1. The molecule has 316 valence electrons. The van der Waals surface area contributed by atoms with E-state index in [2.05, 4.69) is 23.7 Å². The summed E-state index contributed by atoms with van der Waals surface area (Å²) in [6.07, 6.45) is 49.7. The molecule has 0 aromatic heterocycles. The molecule has 4 N–H and O–H groups in total. The largest absolute Gasteiger partial charge is 0.469 e. The summed E-state index contributed by atoms with van der Waals surface area (Å²) in [6, 6.07) is -0.904. The van der Waals surface area contributed by atoms with Crippen molar-refractivity contribution in [1.29, 1.82) is 0 Å². The molecule has 0 heterocycles. The molecule has 0 unspecified atom stereocenters. The summed E-state index contributed by atoms with van der Waals surface area (Å²) in [5, 5.41) is 13.4. The van der Waals surface area contributed by atoms with Crippen molar-refractivity contribution >= 4 is 13.7 Å². The number of amides is 1. The lowest BCUT2D eigenvalue weighted by atomic mass is 10.0. The van der Waals surface area contributed by atoms with Gasteiger partial charge in [-0.05, 0) is 19.3 Å². The zero-order valence-corrected chi connectivity index (χ0v) is 36.1. The topological polar surface area (TPSA) is 116 Å². The number of allylic oxidation sites excluding steroid dienone is 1. The molecule has 8 heteroatoms. The Bertz CT molecular complexity index is 834. The maximum absolute atomic E-state index is 12.6. The van der Waals surface area contributed by atoms with E-state index in [0.29, 0.717) is 6.42 Å². The van der Waals surface area contributed by atoms with Crippen molar-refractivity contribution in [1.82, 2.24) is 5.32 Å². The minimum Gasteiger partial charge on any atom is -0.387 e. The van der Waals surface area contributed by atoms with Gasteiger partial charge in [-0.1, -0.05) is 238 Å². The number of carbonyl (C=O) groups excluding carboxylic acids is 1. The Kier molecular flexibility index (Phi) is 40.4. The molecule has 0 spiro atoms. The number of hydrogen-bond donors (Lipinski definition) is 4. The third kappa shape index (κ3) is 42.3. The molecule has 0 radical (unpaired) electrons. The zero-order valence-electron chi connectivity index (χ0n) is 35.2. The molecule has 0 aromatic rings. The number of nitrogens with one attached hydrogen (secondary N) is 1. The van der Waals surface area contributed by atoms with Crippen molar-refractivity contribution in [3.05, 3.63) is 12.2 Å². The number of hydrogen-bond acceptors (Lipinski definition) is 4. The summed E-state index contributed by atoms with van der Waals surface area (Å²) in [4.78, 5) is 30.9. The van der Waals surface area contributed by atoms with Crippen molar-refractivity contribution in [2.75, 3.05) is 6.61 Å². The fraction of sp³-hybridized carbons (Fsp3) is 0.933. The van der Waals surface area contributed by atoms with Crippen LogP contribution in [0.15, 0.2) is 12.2 Å². The molecule has 0 aliphatic rings. The lowest BCUT2D eigenvalue weighted by Crippen LogP contribution is -2.45. The van der Waals surface area contributed by atoms with Crippen LogP contribution >= 0.6 is 7.82 Å². The van der Waals surface area contributed by atoms with E-state index in [1.165, 1.54) is 193 Å². The molecule has 1 amide bonds. The molecular weight excluding hydrogens is 681 g/mol. The van der Waals surface area contributed by atoms with Gasteiger partial charge < -0.3 is 20.2 Å². The van der Waals surface area contributed by atoms with Crippen molar-refractivity contribution in [2.45, 2.75) is 264 Å². The highest BCUT2D eigenvalue weighted by molar-refractivity contribution is 7.46. The van der Waals surface area contributed by atoms with Crippen LogP contribution in [-0.4, -0.2) is 39.6 Å². The Balaban J connectivity index is 3.77. The predicted octanol–water partition coefficient (Wildman–Crippen LogP) is 14.0. The van der Waals surface area contributed by atoms with Gasteiger partial charge in [-0.2, -0.15) is 0 Å². The lowest BCUT2D eigenvalue weighted by molar-refractivity contribution is -0.123. The Labute approximate surface area is 329 Å². The first-order valence-corrected chi connectivity index (χ1v) is 24.7. The number of aliphatic hydroxyl groups excluding tert-OH is 1. The van der Waals surface area contributed by atoms with Crippen LogP contribution in [-0.2, 0) is 13.9 Å². The normalized spacial score (nSPS) is 13.2. The first-order valence-electron chi connectivity index (χ1n) is 23.1. The number of unbranched alkanes of at least 4 members (excludes halogenated alkanes) is 34. The van der Waals surface area contributed by atoms with E-state index < -0.39 is 26.6 Å². The summed E-state index contributed by atoms with van der Waals surface area (Å²) in [5.41, 5.74) is 0. The van der Waals surface area contributed by atoms with E-state index in [-0.39, 0.29) is 5.91 Å². The SMILES string of the molecule is CCCCCCCCCCCC/C=C/[C@@H](O)[C@H](COP(=O)(O)O)NC(=O)CCCCCCCCCCCCCCCCCCCCCCCCCCC. The van der Waals surface area contributed by atoms with Crippen LogP contribution in [0.1, 0.15) is 251 Å². The number of carbonyl (C=O) groups is 1. The van der Waals surface area contributed by atoms with Crippen LogP contribution in [0.2, 0.25) is 0 Å². The van der Waals surface area contributed by atoms with Gasteiger partial charge in [0.25, 0.3) is 0 Å². The summed E-state index contributed by atoms with van der Waals surface area (Å²) < 4.78 is 15.9. The van der Waals surface area contributed by atoms with Gasteiger partial charge in [0.1, 0.15) is 0 Å². The Morgan fingerprint density at radius 1 is 0.528 bits per heavy atom. The molecule has 0 saturated carbocycles. The van der Waals surface area contributed by atoms with Gasteiger partial charge in [0, 0.05) is 6.42 Å². The van der Waals surface area contributed by atoms with Gasteiger partial charge in [-0.15, -0.1) is 0 Å². The molecule has 7 nitrogen and oxygen atoms in total. The predicted molar refractivity (Wildman–Crippen MR) is 227 cm³/mol. The van der Waals surface area contributed by atoms with Crippen LogP contribution in [0.4, 0.5) is 0 Å². The molecule has 0 aliphatic heterocycles. The van der Waals surface area contributed by atoms with Crippen LogP contribution in [0, 0.1) is 0 Å². The first-order chi connectivity index (χ1) is 25.8. The van der Waals surface area contributed by atoms with Crippen LogP contribution in [0.5, 0.6) is 0 Å². The molecule has 0 aromatic carbocycles. The number of phosphoric ester groups is 1. The van der Waals surface area contributed by atoms with Gasteiger partial charge >= 0.3 is 7.82 Å². The van der Waals surface area contributed by atoms with E-state index in [0.717, 1.165) is 38.5 Å². The van der Waals surface area contributed by atoms with Crippen molar-refractivity contribution in [3.8, 4) is 0 Å². The fourth-order valence-corrected chi connectivity index (χ4v) is 7.58. The zero-order chi connectivity index (χ0) is 38.9. The summed E-state index contributed by atoms with van der Waals surface area (Å²) in [6.45, 7) is 4.08. The maximum Gasteiger partial charge on any atom is 0.469 e. The summed E-state index contributed by atoms with van der Waals surface area (Å²) >= 11 is 0. The van der Waals surface area contributed by atoms with Gasteiger partial charge in [0.2, 0.25) is 5.91 Å². The van der Waals surface area contributed by atoms with Gasteiger partial charge in [-0.25, -0.2) is 4.57 Å². The Morgan fingerprint density at radius 3 is 1.15 bits per heavy atom. The van der Waals surface area contributed by atoms with Gasteiger partial charge in [0.15, 0.2) is 0 Å². The third-order valence-corrected chi connectivity index (χ3v) is 11.2. The quantitative estimate of drug-likeness (QED) is 0.0279. The summed E-state index contributed by atoms with van der Waals surface area (Å²) in [7, 11) is -4.71. The molecule has 0 rings (SSSR count). The monoisotopic (exact) mass is 772 g/mol. The summed E-state index contributed by atoms with van der Waals surface area (Å²) in [5.74, 6) is -0.222. The molecule has 2 atom stereocenters. The number of rotatable bonds is 43. The van der Waals surface area contributed by atoms with Crippen LogP contribution < -0.4 is 5.32 Å². The van der Waals surface area contributed by atoms with E-state index >= 15 is 0 Å². The number of aliphatic hydroxyl groups is 1. The van der Waals surface area contributed by atoms with Gasteiger partial charge in [-0.3, -0.25) is 9.32 Å². The Morgan fingerprint density at radius 2 is 0.830 bits per heavy atom. The Hall–Kier alpha value is -0.720. The fourth-order valence-electron chi connectivity index (χ4n) is 7.23. The van der Waals surface area contributed by atoms with Crippen LogP contribution in [0.25, 0.3) is 0 Å². The molecule has 0 aliphatic carbocycles. The molecule has 0 fully saturated rings. The van der Waals surface area contributed by atoms with Gasteiger partial charge in [0.05, 0.1) is 18.8 Å². The maximum atomic E-state index is 12.6. The highest BCUT2D eigenvalue weighted by Crippen LogP contribution is 2.36. The van der Waals surface area contributed by atoms with Crippen molar-refractivity contribution < 1.29 is 28.8 Å². The first kappa shape index (κ1) is 52.3.